The minimum absolute atomic E-state index is 0.197. The van der Waals surface area contributed by atoms with Crippen LogP contribution >= 0.6 is 23.4 Å². The number of carbonyl (C=O) groups is 1. The Balaban J connectivity index is 1.89. The van der Waals surface area contributed by atoms with Gasteiger partial charge in [-0.1, -0.05) is 23.7 Å². The fourth-order valence-corrected chi connectivity index (χ4v) is 4.15. The summed E-state index contributed by atoms with van der Waals surface area (Å²) < 4.78 is 4.99. The van der Waals surface area contributed by atoms with Crippen LogP contribution in [0.1, 0.15) is 24.8 Å². The van der Waals surface area contributed by atoms with E-state index in [0.29, 0.717) is 18.4 Å². The Morgan fingerprint density at radius 1 is 1.41 bits per heavy atom. The second kappa shape index (κ2) is 8.80. The number of piperidine rings is 1. The van der Waals surface area contributed by atoms with E-state index in [-0.39, 0.29) is 5.97 Å². The Hall–Kier alpha value is -0.710. The lowest BCUT2D eigenvalue weighted by Crippen LogP contribution is -2.38. The van der Waals surface area contributed by atoms with Crippen LogP contribution in [0.2, 0.25) is 5.02 Å². The number of carbonyl (C=O) groups excluding carboxylic acids is 1. The molecule has 5 heteroatoms. The van der Waals surface area contributed by atoms with Gasteiger partial charge in [-0.3, -0.25) is 4.79 Å². The van der Waals surface area contributed by atoms with E-state index in [0.717, 1.165) is 29.6 Å². The Morgan fingerprint density at radius 3 is 2.82 bits per heavy atom. The van der Waals surface area contributed by atoms with Gasteiger partial charge in [-0.25, -0.2) is 0 Å². The normalized spacial score (nSPS) is 22.5. The second-order valence-corrected chi connectivity index (χ2v) is 7.47. The molecule has 0 amide bonds. The molecule has 0 unspecified atom stereocenters. The van der Waals surface area contributed by atoms with E-state index in [9.17, 15) is 4.79 Å². The molecule has 1 aliphatic rings. The fraction of sp³-hybridized carbons (Fsp3) is 0.588. The number of halogens is 1. The molecule has 1 aromatic rings. The van der Waals surface area contributed by atoms with Crippen molar-refractivity contribution in [1.82, 2.24) is 4.90 Å². The Morgan fingerprint density at radius 2 is 2.14 bits per heavy atom. The van der Waals surface area contributed by atoms with Gasteiger partial charge in [0.2, 0.25) is 0 Å². The first kappa shape index (κ1) is 17.6. The maximum absolute atomic E-state index is 10.8. The third kappa shape index (κ3) is 5.49. The molecule has 3 nitrogen and oxygen atoms in total. The van der Waals surface area contributed by atoms with Crippen LogP contribution in [0.4, 0.5) is 0 Å². The molecule has 22 heavy (non-hydrogen) atoms. The van der Waals surface area contributed by atoms with E-state index in [2.05, 4.69) is 24.1 Å². The van der Waals surface area contributed by atoms with Crippen molar-refractivity contribution < 1.29 is 9.53 Å². The third-order valence-electron chi connectivity index (χ3n) is 4.10. The summed E-state index contributed by atoms with van der Waals surface area (Å²) in [6.45, 7) is 4.22. The molecule has 1 saturated heterocycles. The van der Waals surface area contributed by atoms with Gasteiger partial charge in [0.15, 0.2) is 0 Å². The molecule has 0 aromatic heterocycles. The molecule has 0 spiro atoms. The standard InChI is InChI=1S/C17H24ClNO2S/c1-13(20)21-9-10-22-12-15-11-19(2)8-7-17(15)14-3-5-16(18)6-4-14/h3-6,15,17H,7-12H2,1-2H3/t15-,17-/m1/s1. The fourth-order valence-electron chi connectivity index (χ4n) is 3.01. The molecule has 122 valence electrons. The van der Waals surface area contributed by atoms with Crippen LogP contribution < -0.4 is 0 Å². The zero-order valence-electron chi connectivity index (χ0n) is 13.3. The number of hydrogen-bond donors (Lipinski definition) is 0. The van der Waals surface area contributed by atoms with Crippen LogP contribution in [0.25, 0.3) is 0 Å². The van der Waals surface area contributed by atoms with Crippen molar-refractivity contribution in [3.8, 4) is 0 Å². The molecule has 1 heterocycles. The maximum Gasteiger partial charge on any atom is 0.302 e. The van der Waals surface area contributed by atoms with E-state index in [1.165, 1.54) is 18.9 Å². The SMILES string of the molecule is CC(=O)OCCSC[C@H]1CN(C)CC[C@@H]1c1ccc(Cl)cc1. The summed E-state index contributed by atoms with van der Waals surface area (Å²) in [7, 11) is 2.19. The number of hydrogen-bond acceptors (Lipinski definition) is 4. The highest BCUT2D eigenvalue weighted by Crippen LogP contribution is 2.35. The van der Waals surface area contributed by atoms with Crippen molar-refractivity contribution in [2.45, 2.75) is 19.3 Å². The van der Waals surface area contributed by atoms with E-state index in [1.54, 1.807) is 0 Å². The van der Waals surface area contributed by atoms with Crippen LogP contribution in [0.3, 0.4) is 0 Å². The maximum atomic E-state index is 10.8. The number of nitrogens with zero attached hydrogens (tertiary/aromatic N) is 1. The summed E-state index contributed by atoms with van der Waals surface area (Å²) in [5, 5.41) is 0.795. The average molecular weight is 342 g/mol. The van der Waals surface area contributed by atoms with Crippen molar-refractivity contribution in [3.05, 3.63) is 34.9 Å². The molecule has 0 aliphatic carbocycles. The lowest BCUT2D eigenvalue weighted by molar-refractivity contribution is -0.140. The number of thioether (sulfide) groups is 1. The lowest BCUT2D eigenvalue weighted by Gasteiger charge is -2.37. The quantitative estimate of drug-likeness (QED) is 0.583. The summed E-state index contributed by atoms with van der Waals surface area (Å²) in [6.07, 6.45) is 1.19. The van der Waals surface area contributed by atoms with Crippen molar-refractivity contribution >= 4 is 29.3 Å². The van der Waals surface area contributed by atoms with Crippen molar-refractivity contribution in [2.75, 3.05) is 38.2 Å². The van der Waals surface area contributed by atoms with Crippen LogP contribution in [0, 0.1) is 5.92 Å². The van der Waals surface area contributed by atoms with Gasteiger partial charge < -0.3 is 9.64 Å². The van der Waals surface area contributed by atoms with Gasteiger partial charge in [0.25, 0.3) is 0 Å². The van der Waals surface area contributed by atoms with E-state index >= 15 is 0 Å². The van der Waals surface area contributed by atoms with Crippen molar-refractivity contribution in [3.63, 3.8) is 0 Å². The molecule has 1 aliphatic heterocycles. The number of esters is 1. The predicted octanol–water partition coefficient (Wildman–Crippen LogP) is 3.67. The molecule has 2 rings (SSSR count). The zero-order valence-corrected chi connectivity index (χ0v) is 14.8. The van der Waals surface area contributed by atoms with Crippen molar-refractivity contribution in [1.29, 1.82) is 0 Å². The average Bonchev–Trinajstić information content (AvgIpc) is 2.48. The van der Waals surface area contributed by atoms with Gasteiger partial charge in [-0.05, 0) is 55.3 Å². The third-order valence-corrected chi connectivity index (χ3v) is 5.47. The highest BCUT2D eigenvalue weighted by Gasteiger charge is 2.28. The topological polar surface area (TPSA) is 29.5 Å². The van der Waals surface area contributed by atoms with Gasteiger partial charge in [-0.15, -0.1) is 0 Å². The van der Waals surface area contributed by atoms with Gasteiger partial charge in [0.05, 0.1) is 0 Å². The number of ether oxygens (including phenoxy) is 1. The van der Waals surface area contributed by atoms with Crippen LogP contribution in [-0.4, -0.2) is 49.1 Å². The molecule has 1 fully saturated rings. The Kier molecular flexibility index (Phi) is 7.06. The molecular weight excluding hydrogens is 318 g/mol. The van der Waals surface area contributed by atoms with Gasteiger partial charge in [0.1, 0.15) is 6.61 Å². The first-order chi connectivity index (χ1) is 10.6. The van der Waals surface area contributed by atoms with Gasteiger partial charge in [-0.2, -0.15) is 11.8 Å². The summed E-state index contributed by atoms with van der Waals surface area (Å²) >= 11 is 7.88. The first-order valence-corrected chi connectivity index (χ1v) is 9.24. The molecule has 0 saturated carbocycles. The smallest absolute Gasteiger partial charge is 0.302 e. The van der Waals surface area contributed by atoms with Crippen LogP contribution in [0.5, 0.6) is 0 Å². The first-order valence-electron chi connectivity index (χ1n) is 7.71. The minimum atomic E-state index is -0.197. The largest absolute Gasteiger partial charge is 0.465 e. The summed E-state index contributed by atoms with van der Waals surface area (Å²) in [5.74, 6) is 2.99. The van der Waals surface area contributed by atoms with Crippen molar-refractivity contribution in [2.24, 2.45) is 5.92 Å². The summed E-state index contributed by atoms with van der Waals surface area (Å²) in [6, 6.07) is 8.30. The number of likely N-dealkylation sites (tertiary alicyclic amines) is 1. The van der Waals surface area contributed by atoms with E-state index < -0.39 is 0 Å². The van der Waals surface area contributed by atoms with E-state index in [4.69, 9.17) is 16.3 Å². The van der Waals surface area contributed by atoms with Crippen LogP contribution in [0.15, 0.2) is 24.3 Å². The lowest BCUT2D eigenvalue weighted by atomic mass is 9.81. The minimum Gasteiger partial charge on any atom is -0.465 e. The zero-order chi connectivity index (χ0) is 15.9. The number of benzene rings is 1. The molecule has 2 atom stereocenters. The Bertz CT molecular complexity index is 480. The molecule has 0 radical (unpaired) electrons. The van der Waals surface area contributed by atoms with Crippen LogP contribution in [-0.2, 0) is 9.53 Å². The molecule has 0 N–H and O–H groups in total. The highest BCUT2D eigenvalue weighted by atomic mass is 35.5. The van der Waals surface area contributed by atoms with E-state index in [1.807, 2.05) is 23.9 Å². The monoisotopic (exact) mass is 341 g/mol. The van der Waals surface area contributed by atoms with Gasteiger partial charge >= 0.3 is 5.97 Å². The molecule has 1 aromatic carbocycles. The van der Waals surface area contributed by atoms with Gasteiger partial charge in [0, 0.05) is 24.2 Å². The molecule has 0 bridgehead atoms. The number of rotatable bonds is 6. The molecular formula is C17H24ClNO2S. The highest BCUT2D eigenvalue weighted by molar-refractivity contribution is 7.99. The summed E-state index contributed by atoms with van der Waals surface area (Å²) in [4.78, 5) is 13.2. The second-order valence-electron chi connectivity index (χ2n) is 5.88. The predicted molar refractivity (Wildman–Crippen MR) is 93.8 cm³/mol. The summed E-state index contributed by atoms with van der Waals surface area (Å²) in [5.41, 5.74) is 1.39. The Labute approximate surface area is 142 Å².